The van der Waals surface area contributed by atoms with Crippen molar-refractivity contribution in [3.05, 3.63) is 83.7 Å². The maximum atomic E-state index is 12.2. The van der Waals surface area contributed by atoms with E-state index in [0.29, 0.717) is 5.56 Å². The lowest BCUT2D eigenvalue weighted by molar-refractivity contribution is 0.0962. The Kier molecular flexibility index (Phi) is 4.15. The highest BCUT2D eigenvalue weighted by molar-refractivity contribution is 5.95. The highest BCUT2D eigenvalue weighted by atomic mass is 16.2. The van der Waals surface area contributed by atoms with Crippen LogP contribution in [0.5, 0.6) is 0 Å². The topological polar surface area (TPSA) is 46.1 Å². The highest BCUT2D eigenvalue weighted by Gasteiger charge is 2.07. The first-order valence-electron chi connectivity index (χ1n) is 7.52. The molecule has 1 heterocycles. The Morgan fingerprint density at radius 1 is 0.826 bits per heavy atom. The molecule has 0 aliphatic heterocycles. The lowest BCUT2D eigenvalue weighted by atomic mass is 10.2. The molecule has 0 aliphatic carbocycles. The minimum absolute atomic E-state index is 0.165. The van der Waals surface area contributed by atoms with E-state index < -0.39 is 0 Å². The van der Waals surface area contributed by atoms with Gasteiger partial charge in [0.15, 0.2) is 0 Å². The van der Waals surface area contributed by atoms with E-state index in [1.807, 2.05) is 54.6 Å². The summed E-state index contributed by atoms with van der Waals surface area (Å²) < 4.78 is 2.16. The maximum absolute atomic E-state index is 12.2. The Balaban J connectivity index is 1.71. The van der Waals surface area contributed by atoms with Gasteiger partial charge in [0.25, 0.3) is 5.91 Å². The molecule has 2 N–H and O–H groups in total. The molecule has 2 aromatic carbocycles. The van der Waals surface area contributed by atoms with Crippen molar-refractivity contribution in [3.8, 4) is 5.69 Å². The van der Waals surface area contributed by atoms with Crippen LogP contribution in [-0.2, 0) is 0 Å². The van der Waals surface area contributed by atoms with Crippen LogP contribution in [0.3, 0.4) is 0 Å². The minimum Gasteiger partial charge on any atom is -0.319 e. The predicted octanol–water partition coefficient (Wildman–Crippen LogP) is 3.85. The molecular formula is C19H19N3O. The summed E-state index contributed by atoms with van der Waals surface area (Å²) in [6.45, 7) is 4.13. The Hall–Kier alpha value is -3.01. The number of benzene rings is 2. The summed E-state index contributed by atoms with van der Waals surface area (Å²) in [4.78, 5) is 12.2. The van der Waals surface area contributed by atoms with Crippen molar-refractivity contribution in [1.82, 2.24) is 9.99 Å². The summed E-state index contributed by atoms with van der Waals surface area (Å²) >= 11 is 0. The first kappa shape index (κ1) is 14.9. The summed E-state index contributed by atoms with van der Waals surface area (Å²) in [7, 11) is 0. The number of rotatable bonds is 4. The van der Waals surface area contributed by atoms with E-state index >= 15 is 0 Å². The van der Waals surface area contributed by atoms with Gasteiger partial charge in [0.1, 0.15) is 0 Å². The molecule has 3 aromatic rings. The average molecular weight is 305 g/mol. The summed E-state index contributed by atoms with van der Waals surface area (Å²) in [6, 6.07) is 21.3. The van der Waals surface area contributed by atoms with Crippen molar-refractivity contribution in [2.45, 2.75) is 13.8 Å². The summed E-state index contributed by atoms with van der Waals surface area (Å²) in [6.07, 6.45) is 0. The van der Waals surface area contributed by atoms with Gasteiger partial charge in [-0.2, -0.15) is 0 Å². The van der Waals surface area contributed by atoms with Gasteiger partial charge in [-0.1, -0.05) is 18.2 Å². The SMILES string of the molecule is Cc1ccc(C)n1-c1ccc(C(=O)NNc2ccccc2)cc1. The second-order valence-electron chi connectivity index (χ2n) is 5.44. The molecule has 0 aliphatic rings. The van der Waals surface area contributed by atoms with Crippen molar-refractivity contribution < 1.29 is 4.79 Å². The van der Waals surface area contributed by atoms with Crippen molar-refractivity contribution in [1.29, 1.82) is 0 Å². The zero-order valence-electron chi connectivity index (χ0n) is 13.2. The number of aryl methyl sites for hydroxylation is 2. The lowest BCUT2D eigenvalue weighted by Crippen LogP contribution is -2.29. The molecule has 4 heteroatoms. The molecule has 0 spiro atoms. The Bertz CT molecular complexity index is 785. The van der Waals surface area contributed by atoms with Gasteiger partial charge in [-0.05, 0) is 62.4 Å². The van der Waals surface area contributed by atoms with Crippen molar-refractivity contribution in [2.75, 3.05) is 5.43 Å². The fourth-order valence-electron chi connectivity index (χ4n) is 2.56. The fourth-order valence-corrected chi connectivity index (χ4v) is 2.56. The molecule has 1 aromatic heterocycles. The van der Waals surface area contributed by atoms with Crippen LogP contribution in [0.15, 0.2) is 66.7 Å². The van der Waals surface area contributed by atoms with Crippen LogP contribution in [0.4, 0.5) is 5.69 Å². The van der Waals surface area contributed by atoms with Crippen LogP contribution in [0, 0.1) is 13.8 Å². The number of hydrazine groups is 1. The third-order valence-electron chi connectivity index (χ3n) is 3.75. The molecule has 3 rings (SSSR count). The summed E-state index contributed by atoms with van der Waals surface area (Å²) in [5.41, 5.74) is 10.4. The average Bonchev–Trinajstić information content (AvgIpc) is 2.92. The van der Waals surface area contributed by atoms with Gasteiger partial charge in [-0.25, -0.2) is 0 Å². The molecule has 0 atom stereocenters. The lowest BCUT2D eigenvalue weighted by Gasteiger charge is -2.11. The molecule has 0 saturated carbocycles. The monoisotopic (exact) mass is 305 g/mol. The van der Waals surface area contributed by atoms with Crippen molar-refractivity contribution >= 4 is 11.6 Å². The fraction of sp³-hybridized carbons (Fsp3) is 0.105. The first-order valence-corrected chi connectivity index (χ1v) is 7.52. The summed E-state index contributed by atoms with van der Waals surface area (Å²) in [5, 5.41) is 0. The zero-order chi connectivity index (χ0) is 16.2. The standard InChI is InChI=1S/C19H19N3O/c1-14-8-9-15(2)22(14)18-12-10-16(11-13-18)19(23)21-20-17-6-4-3-5-7-17/h3-13,20H,1-2H3,(H,21,23). The number of anilines is 1. The molecule has 0 unspecified atom stereocenters. The van der Waals surface area contributed by atoms with Gasteiger partial charge in [-0.3, -0.25) is 15.6 Å². The molecular weight excluding hydrogens is 286 g/mol. The van der Waals surface area contributed by atoms with Crippen LogP contribution >= 0.6 is 0 Å². The number of hydrogen-bond donors (Lipinski definition) is 2. The summed E-state index contributed by atoms with van der Waals surface area (Å²) in [5.74, 6) is -0.165. The quantitative estimate of drug-likeness (QED) is 0.719. The number of para-hydroxylation sites is 1. The number of nitrogens with one attached hydrogen (secondary N) is 2. The highest BCUT2D eigenvalue weighted by Crippen LogP contribution is 2.17. The number of nitrogens with zero attached hydrogens (tertiary/aromatic N) is 1. The van der Waals surface area contributed by atoms with E-state index in [9.17, 15) is 4.79 Å². The van der Waals surface area contributed by atoms with E-state index in [4.69, 9.17) is 0 Å². The molecule has 116 valence electrons. The van der Waals surface area contributed by atoms with Gasteiger partial charge in [0.05, 0.1) is 5.69 Å². The van der Waals surface area contributed by atoms with Crippen LogP contribution in [0.25, 0.3) is 5.69 Å². The Morgan fingerprint density at radius 3 is 2.04 bits per heavy atom. The zero-order valence-corrected chi connectivity index (χ0v) is 13.2. The van der Waals surface area contributed by atoms with Gasteiger partial charge in [0, 0.05) is 22.6 Å². The number of amides is 1. The molecule has 0 fully saturated rings. The van der Waals surface area contributed by atoms with Gasteiger partial charge in [0.2, 0.25) is 0 Å². The molecule has 1 amide bonds. The van der Waals surface area contributed by atoms with Gasteiger partial charge < -0.3 is 4.57 Å². The van der Waals surface area contributed by atoms with Gasteiger partial charge >= 0.3 is 0 Å². The number of carbonyl (C=O) groups excluding carboxylic acids is 1. The van der Waals surface area contributed by atoms with E-state index in [0.717, 1.165) is 11.4 Å². The van der Waals surface area contributed by atoms with E-state index in [-0.39, 0.29) is 5.91 Å². The minimum atomic E-state index is -0.165. The molecule has 4 nitrogen and oxygen atoms in total. The first-order chi connectivity index (χ1) is 11.1. The van der Waals surface area contributed by atoms with E-state index in [1.165, 1.54) is 11.4 Å². The molecule has 0 saturated heterocycles. The van der Waals surface area contributed by atoms with Crippen molar-refractivity contribution in [3.63, 3.8) is 0 Å². The Labute approximate surface area is 135 Å². The smallest absolute Gasteiger partial charge is 0.269 e. The third-order valence-corrected chi connectivity index (χ3v) is 3.75. The predicted molar refractivity (Wildman–Crippen MR) is 92.8 cm³/mol. The molecule has 23 heavy (non-hydrogen) atoms. The maximum Gasteiger partial charge on any atom is 0.269 e. The van der Waals surface area contributed by atoms with E-state index in [1.54, 1.807) is 0 Å². The normalized spacial score (nSPS) is 10.3. The van der Waals surface area contributed by atoms with Crippen molar-refractivity contribution in [2.24, 2.45) is 0 Å². The molecule has 0 bridgehead atoms. The number of hydrogen-bond acceptors (Lipinski definition) is 2. The second-order valence-corrected chi connectivity index (χ2v) is 5.44. The Morgan fingerprint density at radius 2 is 1.43 bits per heavy atom. The third kappa shape index (κ3) is 3.26. The molecule has 0 radical (unpaired) electrons. The number of aromatic nitrogens is 1. The largest absolute Gasteiger partial charge is 0.319 e. The van der Waals surface area contributed by atoms with Crippen LogP contribution in [0.2, 0.25) is 0 Å². The van der Waals surface area contributed by atoms with Crippen LogP contribution in [0.1, 0.15) is 21.7 Å². The second kappa shape index (κ2) is 6.40. The van der Waals surface area contributed by atoms with Crippen LogP contribution in [-0.4, -0.2) is 10.5 Å². The van der Waals surface area contributed by atoms with Gasteiger partial charge in [-0.15, -0.1) is 0 Å². The van der Waals surface area contributed by atoms with E-state index in [2.05, 4.69) is 41.4 Å². The number of carbonyl (C=O) groups is 1. The van der Waals surface area contributed by atoms with Crippen LogP contribution < -0.4 is 10.9 Å².